The molecule has 27 heavy (non-hydrogen) atoms. The van der Waals surface area contributed by atoms with Crippen molar-refractivity contribution < 1.29 is 9.18 Å². The van der Waals surface area contributed by atoms with E-state index in [9.17, 15) is 9.18 Å². The van der Waals surface area contributed by atoms with E-state index < -0.39 is 11.1 Å². The maximum atomic E-state index is 13.9. The molecule has 0 bridgehead atoms. The fourth-order valence-electron chi connectivity index (χ4n) is 2.85. The van der Waals surface area contributed by atoms with E-state index >= 15 is 0 Å². The number of thioether (sulfide) groups is 1. The minimum atomic E-state index is -0.582. The Balaban J connectivity index is 1.68. The van der Waals surface area contributed by atoms with Crippen molar-refractivity contribution in [1.82, 2.24) is 14.9 Å². The maximum absolute atomic E-state index is 13.9. The van der Waals surface area contributed by atoms with Crippen LogP contribution in [0.4, 0.5) is 10.1 Å². The van der Waals surface area contributed by atoms with Gasteiger partial charge in [-0.15, -0.1) is 10.2 Å². The summed E-state index contributed by atoms with van der Waals surface area (Å²) in [7, 11) is 0. The number of carbonyl (C=O) groups excluding carboxylic acids is 1. The third-order valence-corrected chi connectivity index (χ3v) is 5.68. The minimum absolute atomic E-state index is 0.140. The van der Waals surface area contributed by atoms with Crippen molar-refractivity contribution in [3.63, 3.8) is 0 Å². The predicted molar refractivity (Wildman–Crippen MR) is 103 cm³/mol. The monoisotopic (exact) mass is 403 g/mol. The van der Waals surface area contributed by atoms with E-state index in [1.807, 2.05) is 19.1 Å². The molecule has 2 heterocycles. The van der Waals surface area contributed by atoms with Gasteiger partial charge in [-0.05, 0) is 36.8 Å². The Morgan fingerprint density at radius 1 is 1.22 bits per heavy atom. The molecule has 4 rings (SSSR count). The normalized spacial score (nSPS) is 18.5. The molecule has 2 aromatic carbocycles. The summed E-state index contributed by atoms with van der Waals surface area (Å²) in [5, 5.41) is 11.4. The van der Waals surface area contributed by atoms with Gasteiger partial charge in [0.1, 0.15) is 16.9 Å². The van der Waals surface area contributed by atoms with E-state index in [1.165, 1.54) is 23.9 Å². The number of aromatic nitrogens is 3. The Morgan fingerprint density at radius 3 is 2.70 bits per heavy atom. The highest BCUT2D eigenvalue weighted by molar-refractivity contribution is 8.00. The van der Waals surface area contributed by atoms with Gasteiger partial charge in [0.15, 0.2) is 0 Å². The molecule has 0 fully saturated rings. The summed E-state index contributed by atoms with van der Waals surface area (Å²) in [6.45, 7) is 1.82. The molecule has 1 aliphatic heterocycles. The van der Waals surface area contributed by atoms with Gasteiger partial charge in [-0.1, -0.05) is 47.6 Å². The van der Waals surface area contributed by atoms with E-state index in [1.54, 1.807) is 28.9 Å². The van der Waals surface area contributed by atoms with Gasteiger partial charge in [0.05, 0.1) is 11.7 Å². The molecular weight excluding hydrogens is 389 g/mol. The molecule has 0 spiro atoms. The second-order valence-electron chi connectivity index (χ2n) is 6.03. The van der Waals surface area contributed by atoms with E-state index in [-0.39, 0.29) is 17.6 Å². The summed E-state index contributed by atoms with van der Waals surface area (Å²) in [4.78, 5) is 13.0. The van der Waals surface area contributed by atoms with Crippen LogP contribution >= 0.6 is 23.4 Å². The summed E-state index contributed by atoms with van der Waals surface area (Å²) >= 11 is 7.27. The van der Waals surface area contributed by atoms with E-state index in [4.69, 9.17) is 11.6 Å². The zero-order valence-electron chi connectivity index (χ0n) is 14.2. The lowest BCUT2D eigenvalue weighted by molar-refractivity contribution is -0.116. The zero-order valence-corrected chi connectivity index (χ0v) is 15.8. The molecule has 2 atom stereocenters. The number of hydrogen-bond acceptors (Lipinski definition) is 5. The number of aryl methyl sites for hydroxylation is 1. The third kappa shape index (κ3) is 3.50. The Bertz CT molecular complexity index is 994. The molecule has 2 N–H and O–H groups in total. The second-order valence-corrected chi connectivity index (χ2v) is 7.58. The summed E-state index contributed by atoms with van der Waals surface area (Å²) in [6, 6.07) is 12.9. The molecule has 6 nitrogen and oxygen atoms in total. The van der Waals surface area contributed by atoms with Gasteiger partial charge in [0, 0.05) is 5.02 Å². The second kappa shape index (κ2) is 7.21. The number of hydrogen-bond donors (Lipinski definition) is 2. The lowest BCUT2D eigenvalue weighted by Gasteiger charge is -2.32. The van der Waals surface area contributed by atoms with Crippen LogP contribution in [0.3, 0.4) is 0 Å². The summed E-state index contributed by atoms with van der Waals surface area (Å²) in [5.74, 6) is -0.129. The van der Waals surface area contributed by atoms with Gasteiger partial charge in [-0.2, -0.15) is 0 Å². The smallest absolute Gasteiger partial charge is 0.240 e. The SMILES string of the molecule is Cc1nnc2n1N[C@H](c1ccc(Cl)cc1)[C@H](C(=O)Nc1ccccc1F)S2. The topological polar surface area (TPSA) is 71.8 Å². The zero-order chi connectivity index (χ0) is 19.0. The van der Waals surface area contributed by atoms with Crippen LogP contribution in [-0.2, 0) is 4.79 Å². The highest BCUT2D eigenvalue weighted by Gasteiger charge is 2.37. The number of fused-ring (bicyclic) bond motifs is 1. The van der Waals surface area contributed by atoms with Crippen molar-refractivity contribution in [1.29, 1.82) is 0 Å². The van der Waals surface area contributed by atoms with Crippen LogP contribution < -0.4 is 10.7 Å². The van der Waals surface area contributed by atoms with Gasteiger partial charge in [0.2, 0.25) is 11.1 Å². The summed E-state index contributed by atoms with van der Waals surface area (Å²) in [6.07, 6.45) is 0. The van der Waals surface area contributed by atoms with Gasteiger partial charge in [-0.25, -0.2) is 9.07 Å². The van der Waals surface area contributed by atoms with Crippen molar-refractivity contribution >= 4 is 35.0 Å². The number of para-hydroxylation sites is 1. The highest BCUT2D eigenvalue weighted by Crippen LogP contribution is 2.37. The first kappa shape index (κ1) is 17.8. The molecule has 0 radical (unpaired) electrons. The number of nitrogens with zero attached hydrogens (tertiary/aromatic N) is 3. The fraction of sp³-hybridized carbons (Fsp3) is 0.167. The Hall–Kier alpha value is -2.58. The summed E-state index contributed by atoms with van der Waals surface area (Å²) < 4.78 is 15.7. The number of rotatable bonds is 3. The van der Waals surface area contributed by atoms with Gasteiger partial charge >= 0.3 is 0 Å². The van der Waals surface area contributed by atoms with Crippen molar-refractivity contribution in [2.24, 2.45) is 0 Å². The van der Waals surface area contributed by atoms with Gasteiger partial charge in [0.25, 0.3) is 0 Å². The Labute approximate surface area is 164 Å². The third-order valence-electron chi connectivity index (χ3n) is 4.22. The molecule has 0 aliphatic carbocycles. The van der Waals surface area contributed by atoms with Crippen molar-refractivity contribution in [2.75, 3.05) is 10.7 Å². The van der Waals surface area contributed by atoms with E-state index in [0.29, 0.717) is 16.0 Å². The quantitative estimate of drug-likeness (QED) is 0.696. The highest BCUT2D eigenvalue weighted by atomic mass is 35.5. The van der Waals surface area contributed by atoms with Crippen LogP contribution in [-0.4, -0.2) is 26.0 Å². The first-order chi connectivity index (χ1) is 13.0. The van der Waals surface area contributed by atoms with Crippen molar-refractivity contribution in [3.05, 3.63) is 70.8 Å². The van der Waals surface area contributed by atoms with E-state index in [0.717, 1.165) is 5.56 Å². The lowest BCUT2D eigenvalue weighted by Crippen LogP contribution is -2.41. The largest absolute Gasteiger partial charge is 0.323 e. The molecule has 0 saturated heterocycles. The molecule has 1 amide bonds. The van der Waals surface area contributed by atoms with Gasteiger partial charge in [-0.3, -0.25) is 4.79 Å². The van der Waals surface area contributed by atoms with E-state index in [2.05, 4.69) is 20.9 Å². The molecule has 3 aromatic rings. The maximum Gasteiger partial charge on any atom is 0.240 e. The van der Waals surface area contributed by atoms with Crippen LogP contribution in [0.2, 0.25) is 5.02 Å². The number of halogens is 2. The summed E-state index contributed by atoms with van der Waals surface area (Å²) in [5.41, 5.74) is 4.30. The van der Waals surface area contributed by atoms with Crippen molar-refractivity contribution in [3.8, 4) is 0 Å². The van der Waals surface area contributed by atoms with Crippen LogP contribution in [0.25, 0.3) is 0 Å². The number of nitrogens with one attached hydrogen (secondary N) is 2. The molecule has 0 saturated carbocycles. The minimum Gasteiger partial charge on any atom is -0.323 e. The molecular formula is C18H15ClFN5OS. The number of anilines is 1. The molecule has 1 aliphatic rings. The van der Waals surface area contributed by atoms with Crippen LogP contribution in [0.15, 0.2) is 53.7 Å². The predicted octanol–water partition coefficient (Wildman–Crippen LogP) is 3.78. The number of amides is 1. The average Bonchev–Trinajstić information content (AvgIpc) is 3.03. The molecule has 9 heteroatoms. The first-order valence-electron chi connectivity index (χ1n) is 8.19. The van der Waals surface area contributed by atoms with Crippen LogP contribution in [0.5, 0.6) is 0 Å². The Kier molecular flexibility index (Phi) is 4.75. The van der Waals surface area contributed by atoms with Crippen LogP contribution in [0, 0.1) is 12.7 Å². The molecule has 1 aromatic heterocycles. The number of carbonyl (C=O) groups is 1. The van der Waals surface area contributed by atoms with Crippen LogP contribution in [0.1, 0.15) is 17.4 Å². The first-order valence-corrected chi connectivity index (χ1v) is 9.45. The molecule has 0 unspecified atom stereocenters. The average molecular weight is 404 g/mol. The lowest BCUT2D eigenvalue weighted by atomic mass is 10.0. The Morgan fingerprint density at radius 2 is 1.96 bits per heavy atom. The number of benzene rings is 2. The van der Waals surface area contributed by atoms with Crippen molar-refractivity contribution in [2.45, 2.75) is 23.4 Å². The molecule has 138 valence electrons. The van der Waals surface area contributed by atoms with Gasteiger partial charge < -0.3 is 10.7 Å². The standard InChI is InChI=1S/C18H15ClFN5OS/c1-10-22-23-18-25(10)24-15(11-6-8-12(19)9-7-11)16(27-18)17(26)21-14-5-3-2-4-13(14)20/h2-9,15-16,24H,1H3,(H,21,26)/t15-,16-/m1/s1. The fourth-order valence-corrected chi connectivity index (χ4v) is 4.10.